The van der Waals surface area contributed by atoms with E-state index in [0.29, 0.717) is 5.69 Å². The lowest BCUT2D eigenvalue weighted by molar-refractivity contribution is -0.144. The number of rotatable bonds is 6. The Morgan fingerprint density at radius 2 is 1.38 bits per heavy atom. The SMILES string of the molecule is O=C(COC(=O)CSc1ccc2ccccc2c1)Nc1ccc2ccccc2c1. The molecular formula is C24H19NO3S. The normalized spacial score (nSPS) is 10.8. The summed E-state index contributed by atoms with van der Waals surface area (Å²) < 4.78 is 5.10. The fourth-order valence-electron chi connectivity index (χ4n) is 3.05. The van der Waals surface area contributed by atoms with Crippen molar-refractivity contribution in [1.82, 2.24) is 0 Å². The van der Waals surface area contributed by atoms with Gasteiger partial charge in [0.2, 0.25) is 0 Å². The van der Waals surface area contributed by atoms with E-state index < -0.39 is 5.97 Å². The van der Waals surface area contributed by atoms with Gasteiger partial charge in [0.25, 0.3) is 5.91 Å². The maximum atomic E-state index is 12.1. The predicted molar refractivity (Wildman–Crippen MR) is 118 cm³/mol. The summed E-state index contributed by atoms with van der Waals surface area (Å²) in [5.74, 6) is -0.622. The smallest absolute Gasteiger partial charge is 0.316 e. The lowest BCUT2D eigenvalue weighted by Gasteiger charge is -2.08. The second-order valence-electron chi connectivity index (χ2n) is 6.57. The van der Waals surface area contributed by atoms with E-state index in [4.69, 9.17) is 4.74 Å². The van der Waals surface area contributed by atoms with Gasteiger partial charge < -0.3 is 10.1 Å². The van der Waals surface area contributed by atoms with Crippen LogP contribution in [0.5, 0.6) is 0 Å². The first kappa shape index (κ1) is 19.0. The van der Waals surface area contributed by atoms with Crippen LogP contribution in [0.4, 0.5) is 5.69 Å². The van der Waals surface area contributed by atoms with E-state index >= 15 is 0 Å². The first-order valence-electron chi connectivity index (χ1n) is 9.23. The molecule has 29 heavy (non-hydrogen) atoms. The highest BCUT2D eigenvalue weighted by molar-refractivity contribution is 8.00. The van der Waals surface area contributed by atoms with Gasteiger partial charge in [0.05, 0.1) is 5.75 Å². The van der Waals surface area contributed by atoms with Crippen molar-refractivity contribution in [3.63, 3.8) is 0 Å². The number of fused-ring (bicyclic) bond motifs is 2. The van der Waals surface area contributed by atoms with Gasteiger partial charge >= 0.3 is 5.97 Å². The summed E-state index contributed by atoms with van der Waals surface area (Å²) in [6, 6.07) is 27.7. The van der Waals surface area contributed by atoms with Gasteiger partial charge in [-0.05, 0) is 45.8 Å². The lowest BCUT2D eigenvalue weighted by Crippen LogP contribution is -2.21. The molecule has 0 saturated heterocycles. The zero-order valence-electron chi connectivity index (χ0n) is 15.6. The van der Waals surface area contributed by atoms with E-state index in [0.717, 1.165) is 26.4 Å². The molecule has 0 aromatic heterocycles. The quantitative estimate of drug-likeness (QED) is 0.353. The summed E-state index contributed by atoms with van der Waals surface area (Å²) >= 11 is 1.39. The Hall–Kier alpha value is -3.31. The number of hydrogen-bond acceptors (Lipinski definition) is 4. The third kappa shape index (κ3) is 4.95. The average molecular weight is 401 g/mol. The molecule has 144 valence electrons. The highest BCUT2D eigenvalue weighted by atomic mass is 32.2. The number of thioether (sulfide) groups is 1. The fraction of sp³-hybridized carbons (Fsp3) is 0.0833. The Morgan fingerprint density at radius 3 is 2.10 bits per heavy atom. The van der Waals surface area contributed by atoms with Crippen LogP contribution < -0.4 is 5.32 Å². The Kier molecular flexibility index (Phi) is 5.77. The summed E-state index contributed by atoms with van der Waals surface area (Å²) in [5, 5.41) is 7.18. The third-order valence-electron chi connectivity index (χ3n) is 4.48. The molecule has 0 radical (unpaired) electrons. The van der Waals surface area contributed by atoms with Gasteiger partial charge in [-0.25, -0.2) is 0 Å². The Labute approximate surface area is 172 Å². The van der Waals surface area contributed by atoms with Crippen LogP contribution in [0.3, 0.4) is 0 Å². The number of benzene rings is 4. The van der Waals surface area contributed by atoms with Crippen molar-refractivity contribution in [2.45, 2.75) is 4.90 Å². The highest BCUT2D eigenvalue weighted by Crippen LogP contribution is 2.23. The molecule has 1 amide bonds. The second kappa shape index (κ2) is 8.80. The minimum absolute atomic E-state index is 0.154. The maximum Gasteiger partial charge on any atom is 0.316 e. The van der Waals surface area contributed by atoms with Gasteiger partial charge in [0.1, 0.15) is 0 Å². The van der Waals surface area contributed by atoms with Crippen molar-refractivity contribution in [3.8, 4) is 0 Å². The summed E-state index contributed by atoms with van der Waals surface area (Å²) in [7, 11) is 0. The number of ether oxygens (including phenoxy) is 1. The molecule has 4 rings (SSSR count). The van der Waals surface area contributed by atoms with E-state index in [-0.39, 0.29) is 18.3 Å². The highest BCUT2D eigenvalue weighted by Gasteiger charge is 2.09. The largest absolute Gasteiger partial charge is 0.455 e. The van der Waals surface area contributed by atoms with Crippen molar-refractivity contribution in [2.24, 2.45) is 0 Å². The first-order valence-corrected chi connectivity index (χ1v) is 10.2. The van der Waals surface area contributed by atoms with Crippen LogP contribution in [0.15, 0.2) is 89.8 Å². The number of esters is 1. The fourth-order valence-corrected chi connectivity index (χ4v) is 3.79. The molecule has 4 aromatic carbocycles. The lowest BCUT2D eigenvalue weighted by atomic mass is 10.1. The zero-order valence-corrected chi connectivity index (χ0v) is 16.4. The molecule has 0 spiro atoms. The average Bonchev–Trinajstić information content (AvgIpc) is 2.76. The van der Waals surface area contributed by atoms with E-state index in [1.54, 1.807) is 0 Å². The number of nitrogens with one attached hydrogen (secondary N) is 1. The summed E-state index contributed by atoms with van der Waals surface area (Å²) in [5.41, 5.74) is 0.676. The van der Waals surface area contributed by atoms with Crippen molar-refractivity contribution < 1.29 is 14.3 Å². The Balaban J connectivity index is 1.26. The summed E-state index contributed by atoms with van der Waals surface area (Å²) in [6.07, 6.45) is 0. The van der Waals surface area contributed by atoms with E-state index in [1.165, 1.54) is 11.8 Å². The van der Waals surface area contributed by atoms with Crippen LogP contribution in [-0.2, 0) is 14.3 Å². The number of carbonyl (C=O) groups is 2. The second-order valence-corrected chi connectivity index (χ2v) is 7.62. The molecule has 1 N–H and O–H groups in total. The first-order chi connectivity index (χ1) is 14.2. The van der Waals surface area contributed by atoms with Crippen LogP contribution >= 0.6 is 11.8 Å². The van der Waals surface area contributed by atoms with Crippen LogP contribution in [-0.4, -0.2) is 24.2 Å². The molecule has 0 fully saturated rings. The van der Waals surface area contributed by atoms with Crippen LogP contribution in [0.1, 0.15) is 0 Å². The van der Waals surface area contributed by atoms with E-state index in [9.17, 15) is 9.59 Å². The van der Waals surface area contributed by atoms with Crippen molar-refractivity contribution in [1.29, 1.82) is 0 Å². The van der Waals surface area contributed by atoms with Gasteiger partial charge in [-0.2, -0.15) is 0 Å². The van der Waals surface area contributed by atoms with Gasteiger partial charge in [0.15, 0.2) is 6.61 Å². The molecule has 0 bridgehead atoms. The number of carbonyl (C=O) groups excluding carboxylic acids is 2. The molecule has 0 aliphatic rings. The molecule has 4 nitrogen and oxygen atoms in total. The number of amides is 1. The molecule has 0 heterocycles. The van der Waals surface area contributed by atoms with Crippen LogP contribution in [0, 0.1) is 0 Å². The van der Waals surface area contributed by atoms with Gasteiger partial charge in [-0.15, -0.1) is 11.8 Å². The Morgan fingerprint density at radius 1 is 0.759 bits per heavy atom. The molecule has 4 aromatic rings. The van der Waals surface area contributed by atoms with Crippen molar-refractivity contribution >= 4 is 50.9 Å². The molecule has 0 saturated carbocycles. The minimum Gasteiger partial charge on any atom is -0.455 e. The van der Waals surface area contributed by atoms with Crippen LogP contribution in [0.25, 0.3) is 21.5 Å². The van der Waals surface area contributed by atoms with Gasteiger partial charge in [-0.3, -0.25) is 9.59 Å². The van der Waals surface area contributed by atoms with Gasteiger partial charge in [-0.1, -0.05) is 60.7 Å². The number of hydrogen-bond donors (Lipinski definition) is 1. The monoisotopic (exact) mass is 401 g/mol. The predicted octanol–water partition coefficient (Wildman–Crippen LogP) is 5.27. The van der Waals surface area contributed by atoms with Crippen molar-refractivity contribution in [2.75, 3.05) is 17.7 Å². The summed E-state index contributed by atoms with van der Waals surface area (Å²) in [6.45, 7) is -0.302. The zero-order chi connectivity index (χ0) is 20.1. The maximum absolute atomic E-state index is 12.1. The minimum atomic E-state index is -0.420. The molecule has 0 unspecified atom stereocenters. The molecule has 0 aliphatic carbocycles. The number of anilines is 1. The molecule has 5 heteroatoms. The Bertz CT molecular complexity index is 1190. The molecular weight excluding hydrogens is 382 g/mol. The molecule has 0 atom stereocenters. The van der Waals surface area contributed by atoms with Crippen molar-refractivity contribution in [3.05, 3.63) is 84.9 Å². The van der Waals surface area contributed by atoms with Gasteiger partial charge in [0, 0.05) is 10.6 Å². The van der Waals surface area contributed by atoms with E-state index in [2.05, 4.69) is 5.32 Å². The van der Waals surface area contributed by atoms with E-state index in [1.807, 2.05) is 84.9 Å². The topological polar surface area (TPSA) is 55.4 Å². The van der Waals surface area contributed by atoms with Crippen LogP contribution in [0.2, 0.25) is 0 Å². The molecule has 0 aliphatic heterocycles. The third-order valence-corrected chi connectivity index (χ3v) is 5.44. The standard InChI is InChI=1S/C24H19NO3S/c26-23(25-21-11-9-17-5-1-3-7-19(17)13-21)15-28-24(27)16-29-22-12-10-18-6-2-4-8-20(18)14-22/h1-14H,15-16H2,(H,25,26). The summed E-state index contributed by atoms with van der Waals surface area (Å²) in [4.78, 5) is 25.1.